The number of aryl methyl sites for hydroxylation is 2. The number of fused-ring (bicyclic) bond motifs is 1. The largest absolute Gasteiger partial charge is 0.291 e. The summed E-state index contributed by atoms with van der Waals surface area (Å²) >= 11 is 0. The fourth-order valence-electron chi connectivity index (χ4n) is 3.06. The van der Waals surface area contributed by atoms with Gasteiger partial charge in [-0.2, -0.15) is 5.10 Å². The maximum Gasteiger partial charge on any atom is 0.265 e. The van der Waals surface area contributed by atoms with Crippen molar-refractivity contribution >= 4 is 21.5 Å². The highest BCUT2D eigenvalue weighted by atomic mass is 32.2. The Balaban J connectivity index is 1.70. The molecule has 4 rings (SSSR count). The molecule has 0 bridgehead atoms. The van der Waals surface area contributed by atoms with Crippen molar-refractivity contribution in [2.24, 2.45) is 7.05 Å². The van der Waals surface area contributed by atoms with E-state index in [1.165, 1.54) is 0 Å². The molecule has 3 aromatic heterocycles. The Labute approximate surface area is 156 Å². The third kappa shape index (κ3) is 3.06. The first-order valence-electron chi connectivity index (χ1n) is 8.28. The molecule has 0 saturated heterocycles. The Bertz CT molecular complexity index is 1220. The highest BCUT2D eigenvalue weighted by molar-refractivity contribution is 7.92. The molecular weight excluding hydrogens is 364 g/mol. The summed E-state index contributed by atoms with van der Waals surface area (Å²) in [6.45, 7) is 3.41. The van der Waals surface area contributed by atoms with Gasteiger partial charge in [0.2, 0.25) is 5.78 Å². The molecule has 0 aliphatic carbocycles. The van der Waals surface area contributed by atoms with Crippen LogP contribution in [0.25, 0.3) is 17.0 Å². The molecule has 0 aliphatic heterocycles. The van der Waals surface area contributed by atoms with Gasteiger partial charge in [0.05, 0.1) is 17.1 Å². The highest BCUT2D eigenvalue weighted by Crippen LogP contribution is 2.25. The molecule has 9 heteroatoms. The maximum atomic E-state index is 12.9. The van der Waals surface area contributed by atoms with Crippen LogP contribution in [-0.2, 0) is 17.1 Å². The normalized spacial score (nSPS) is 11.8. The number of nitrogens with zero attached hydrogens (tertiary/aromatic N) is 5. The summed E-state index contributed by atoms with van der Waals surface area (Å²) in [5, 5.41) is 4.19. The average Bonchev–Trinajstić information content (AvgIpc) is 3.15. The minimum atomic E-state index is -3.75. The van der Waals surface area contributed by atoms with E-state index in [0.717, 1.165) is 5.56 Å². The van der Waals surface area contributed by atoms with E-state index in [9.17, 15) is 8.42 Å². The standard InChI is InChI=1S/C18H18N6O2S/c1-12-17(13(2)23(3)21-12)27(25,26)22-15-7-4-6-14(10-15)16-11-24-9-5-8-19-18(24)20-16/h4-11,22H,1-3H3. The Hall–Kier alpha value is -3.20. The van der Waals surface area contributed by atoms with Gasteiger partial charge in [0.1, 0.15) is 4.90 Å². The summed E-state index contributed by atoms with van der Waals surface area (Å²) in [6, 6.07) is 8.94. The van der Waals surface area contributed by atoms with Crippen molar-refractivity contribution in [2.45, 2.75) is 18.7 Å². The van der Waals surface area contributed by atoms with Crippen molar-refractivity contribution < 1.29 is 8.42 Å². The van der Waals surface area contributed by atoms with Crippen LogP contribution in [0.15, 0.2) is 53.8 Å². The van der Waals surface area contributed by atoms with Crippen molar-refractivity contribution in [3.63, 3.8) is 0 Å². The molecule has 1 N–H and O–H groups in total. The van der Waals surface area contributed by atoms with Crippen molar-refractivity contribution in [3.8, 4) is 11.3 Å². The van der Waals surface area contributed by atoms with E-state index < -0.39 is 10.0 Å². The molecular formula is C18H18N6O2S. The van der Waals surface area contributed by atoms with Crippen molar-refractivity contribution in [2.75, 3.05) is 4.72 Å². The zero-order chi connectivity index (χ0) is 19.2. The minimum absolute atomic E-state index is 0.201. The number of rotatable bonds is 4. The van der Waals surface area contributed by atoms with E-state index in [1.807, 2.05) is 28.9 Å². The van der Waals surface area contributed by atoms with Crippen molar-refractivity contribution in [3.05, 3.63) is 60.3 Å². The molecule has 0 radical (unpaired) electrons. The van der Waals surface area contributed by atoms with Gasteiger partial charge in [-0.15, -0.1) is 0 Å². The lowest BCUT2D eigenvalue weighted by Gasteiger charge is -2.09. The predicted octanol–water partition coefficient (Wildman–Crippen LogP) is 2.55. The maximum absolute atomic E-state index is 12.9. The highest BCUT2D eigenvalue weighted by Gasteiger charge is 2.24. The van der Waals surface area contributed by atoms with Crippen LogP contribution < -0.4 is 4.72 Å². The lowest BCUT2D eigenvalue weighted by Crippen LogP contribution is -2.15. The molecule has 0 amide bonds. The van der Waals surface area contributed by atoms with Crippen LogP contribution in [0.5, 0.6) is 0 Å². The van der Waals surface area contributed by atoms with Crippen LogP contribution in [-0.4, -0.2) is 32.6 Å². The lowest BCUT2D eigenvalue weighted by molar-refractivity contribution is 0.599. The first-order chi connectivity index (χ1) is 12.8. The first kappa shape index (κ1) is 17.2. The molecule has 0 saturated carbocycles. The monoisotopic (exact) mass is 382 g/mol. The van der Waals surface area contributed by atoms with E-state index in [2.05, 4.69) is 19.8 Å². The lowest BCUT2D eigenvalue weighted by atomic mass is 10.1. The molecule has 4 aromatic rings. The number of hydrogen-bond donors (Lipinski definition) is 1. The number of sulfonamides is 1. The topological polar surface area (TPSA) is 94.2 Å². The fourth-order valence-corrected chi connectivity index (χ4v) is 4.55. The Morgan fingerprint density at radius 3 is 2.67 bits per heavy atom. The summed E-state index contributed by atoms with van der Waals surface area (Å²) in [7, 11) is -2.03. The Morgan fingerprint density at radius 2 is 1.96 bits per heavy atom. The molecule has 0 spiro atoms. The van der Waals surface area contributed by atoms with Gasteiger partial charge in [0.25, 0.3) is 10.0 Å². The minimum Gasteiger partial charge on any atom is -0.291 e. The molecule has 3 heterocycles. The zero-order valence-corrected chi connectivity index (χ0v) is 15.9. The van der Waals surface area contributed by atoms with E-state index in [-0.39, 0.29) is 4.90 Å². The zero-order valence-electron chi connectivity index (χ0n) is 15.1. The molecule has 27 heavy (non-hydrogen) atoms. The first-order valence-corrected chi connectivity index (χ1v) is 9.76. The van der Waals surface area contributed by atoms with Crippen LogP contribution in [0, 0.1) is 13.8 Å². The van der Waals surface area contributed by atoms with Crippen LogP contribution >= 0.6 is 0 Å². The van der Waals surface area contributed by atoms with Gasteiger partial charge in [0, 0.05) is 36.9 Å². The Morgan fingerprint density at radius 1 is 1.15 bits per heavy atom. The summed E-state index contributed by atoms with van der Waals surface area (Å²) in [5.41, 5.74) is 3.01. The molecule has 0 aliphatic rings. The molecule has 8 nitrogen and oxygen atoms in total. The number of hydrogen-bond acceptors (Lipinski definition) is 5. The van der Waals surface area contributed by atoms with Crippen molar-refractivity contribution in [1.29, 1.82) is 0 Å². The summed E-state index contributed by atoms with van der Waals surface area (Å²) in [6.07, 6.45) is 5.39. The van der Waals surface area contributed by atoms with Crippen molar-refractivity contribution in [1.82, 2.24) is 24.1 Å². The Kier molecular flexibility index (Phi) is 3.96. The molecule has 138 valence electrons. The van der Waals surface area contributed by atoms with Gasteiger partial charge >= 0.3 is 0 Å². The predicted molar refractivity (Wildman–Crippen MR) is 102 cm³/mol. The number of anilines is 1. The summed E-state index contributed by atoms with van der Waals surface area (Å²) in [5.74, 6) is 0.583. The van der Waals surface area contributed by atoms with Gasteiger partial charge < -0.3 is 0 Å². The number of nitrogens with one attached hydrogen (secondary N) is 1. The second kappa shape index (κ2) is 6.20. The average molecular weight is 382 g/mol. The van der Waals surface area contributed by atoms with Crippen LogP contribution in [0.1, 0.15) is 11.4 Å². The second-order valence-corrected chi connectivity index (χ2v) is 7.88. The van der Waals surface area contributed by atoms with Crippen LogP contribution in [0.2, 0.25) is 0 Å². The van der Waals surface area contributed by atoms with Gasteiger partial charge in [-0.1, -0.05) is 12.1 Å². The van der Waals surface area contributed by atoms with Crippen LogP contribution in [0.4, 0.5) is 5.69 Å². The van der Waals surface area contributed by atoms with E-state index >= 15 is 0 Å². The van der Waals surface area contributed by atoms with E-state index in [0.29, 0.717) is 28.5 Å². The summed E-state index contributed by atoms with van der Waals surface area (Å²) in [4.78, 5) is 8.87. The summed E-state index contributed by atoms with van der Waals surface area (Å²) < 4.78 is 31.7. The number of benzene rings is 1. The SMILES string of the molecule is Cc1nn(C)c(C)c1S(=O)(=O)Nc1cccc(-c2cn3cccnc3n2)c1. The molecule has 0 unspecified atom stereocenters. The van der Waals surface area contributed by atoms with Gasteiger partial charge in [0.15, 0.2) is 0 Å². The quantitative estimate of drug-likeness (QED) is 0.585. The molecule has 0 atom stereocenters. The second-order valence-electron chi connectivity index (χ2n) is 6.26. The van der Waals surface area contributed by atoms with E-state index in [1.54, 1.807) is 50.0 Å². The fraction of sp³-hybridized carbons (Fsp3) is 0.167. The smallest absolute Gasteiger partial charge is 0.265 e. The third-order valence-electron chi connectivity index (χ3n) is 4.36. The van der Waals surface area contributed by atoms with Gasteiger partial charge in [-0.3, -0.25) is 13.8 Å². The van der Waals surface area contributed by atoms with Gasteiger partial charge in [-0.05, 0) is 32.0 Å². The molecule has 0 fully saturated rings. The van der Waals surface area contributed by atoms with E-state index in [4.69, 9.17) is 0 Å². The van der Waals surface area contributed by atoms with Gasteiger partial charge in [-0.25, -0.2) is 18.4 Å². The third-order valence-corrected chi connectivity index (χ3v) is 5.99. The molecule has 1 aromatic carbocycles. The van der Waals surface area contributed by atoms with Crippen LogP contribution in [0.3, 0.4) is 0 Å². The number of aromatic nitrogens is 5. The number of imidazole rings is 1.